The van der Waals surface area contributed by atoms with E-state index in [1.54, 1.807) is 16.8 Å². The summed E-state index contributed by atoms with van der Waals surface area (Å²) in [5, 5.41) is 4.72. The Morgan fingerprint density at radius 2 is 1.96 bits per heavy atom. The highest BCUT2D eigenvalue weighted by atomic mass is 35.5. The number of hydrogen-bond acceptors (Lipinski definition) is 5. The van der Waals surface area contributed by atoms with Gasteiger partial charge in [0.2, 0.25) is 0 Å². The van der Waals surface area contributed by atoms with E-state index in [4.69, 9.17) is 25.8 Å². The summed E-state index contributed by atoms with van der Waals surface area (Å²) in [5.74, 6) is 0.401. The Labute approximate surface area is 154 Å². The van der Waals surface area contributed by atoms with Gasteiger partial charge in [-0.3, -0.25) is 0 Å². The van der Waals surface area contributed by atoms with Crippen molar-refractivity contribution < 1.29 is 19.0 Å². The molecule has 4 rings (SSSR count). The van der Waals surface area contributed by atoms with Gasteiger partial charge >= 0.3 is 5.97 Å². The van der Waals surface area contributed by atoms with Gasteiger partial charge in [0, 0.05) is 6.20 Å². The number of hydrogen-bond donors (Lipinski definition) is 0. The SMILES string of the molecule is O=C(OCc1ccn(-c2ccccc2)n1)c1cc(Cl)c2c(c1)OCCO2. The molecule has 0 bridgehead atoms. The van der Waals surface area contributed by atoms with E-state index in [1.165, 1.54) is 6.07 Å². The fraction of sp³-hybridized carbons (Fsp3) is 0.158. The summed E-state index contributed by atoms with van der Waals surface area (Å²) in [6.07, 6.45) is 1.82. The first-order chi connectivity index (χ1) is 12.7. The number of carbonyl (C=O) groups excluding carboxylic acids is 1. The van der Waals surface area contributed by atoms with Gasteiger partial charge in [-0.2, -0.15) is 5.10 Å². The predicted octanol–water partition coefficient (Wildman–Crippen LogP) is 3.65. The smallest absolute Gasteiger partial charge is 0.338 e. The summed E-state index contributed by atoms with van der Waals surface area (Å²) in [6.45, 7) is 0.907. The standard InChI is InChI=1S/C19H15ClN2O4/c20-16-10-13(11-17-18(16)25-9-8-24-17)19(23)26-12-14-6-7-22(21-14)15-4-2-1-3-5-15/h1-7,10-11H,8-9,12H2. The zero-order valence-corrected chi connectivity index (χ0v) is 14.5. The molecule has 7 heteroatoms. The number of esters is 1. The topological polar surface area (TPSA) is 62.6 Å². The molecule has 0 saturated heterocycles. The van der Waals surface area contributed by atoms with E-state index in [9.17, 15) is 4.79 Å². The van der Waals surface area contributed by atoms with Crippen molar-refractivity contribution in [2.45, 2.75) is 6.61 Å². The molecule has 0 aliphatic carbocycles. The molecule has 0 unspecified atom stereocenters. The minimum Gasteiger partial charge on any atom is -0.486 e. The average molecular weight is 371 g/mol. The second kappa shape index (κ2) is 7.09. The van der Waals surface area contributed by atoms with Crippen molar-refractivity contribution in [3.05, 3.63) is 71.0 Å². The number of fused-ring (bicyclic) bond motifs is 1. The predicted molar refractivity (Wildman–Crippen MR) is 95.1 cm³/mol. The van der Waals surface area contributed by atoms with Gasteiger partial charge in [-0.15, -0.1) is 0 Å². The fourth-order valence-corrected chi connectivity index (χ4v) is 2.88. The Balaban J connectivity index is 1.45. The molecule has 0 radical (unpaired) electrons. The summed E-state index contributed by atoms with van der Waals surface area (Å²) >= 11 is 6.15. The lowest BCUT2D eigenvalue weighted by atomic mass is 10.2. The first-order valence-corrected chi connectivity index (χ1v) is 8.45. The third-order valence-corrected chi connectivity index (χ3v) is 4.13. The summed E-state index contributed by atoms with van der Waals surface area (Å²) in [5.41, 5.74) is 1.89. The van der Waals surface area contributed by atoms with E-state index in [0.717, 1.165) is 5.69 Å². The van der Waals surface area contributed by atoms with Crippen LogP contribution in [0.4, 0.5) is 0 Å². The van der Waals surface area contributed by atoms with Crippen LogP contribution in [-0.2, 0) is 11.3 Å². The fourth-order valence-electron chi connectivity index (χ4n) is 2.61. The molecule has 0 amide bonds. The van der Waals surface area contributed by atoms with Gasteiger partial charge in [-0.1, -0.05) is 29.8 Å². The van der Waals surface area contributed by atoms with Crippen LogP contribution in [0.25, 0.3) is 5.69 Å². The van der Waals surface area contributed by atoms with Crippen LogP contribution in [-0.4, -0.2) is 29.0 Å². The lowest BCUT2D eigenvalue weighted by molar-refractivity contribution is 0.0466. The number of ether oxygens (including phenoxy) is 3. The Morgan fingerprint density at radius 3 is 2.81 bits per heavy atom. The molecule has 2 aromatic carbocycles. The Kier molecular flexibility index (Phi) is 4.50. The van der Waals surface area contributed by atoms with E-state index in [-0.39, 0.29) is 6.61 Å². The van der Waals surface area contributed by atoms with E-state index in [2.05, 4.69) is 5.10 Å². The Hall–Kier alpha value is -2.99. The Morgan fingerprint density at radius 1 is 1.15 bits per heavy atom. The maximum atomic E-state index is 12.3. The van der Waals surface area contributed by atoms with E-state index < -0.39 is 5.97 Å². The third-order valence-electron chi connectivity index (χ3n) is 3.85. The number of nitrogens with zero attached hydrogens (tertiary/aromatic N) is 2. The number of para-hydroxylation sites is 1. The van der Waals surface area contributed by atoms with Gasteiger partial charge in [0.25, 0.3) is 0 Å². The Bertz CT molecular complexity index is 940. The molecule has 1 aromatic heterocycles. The third kappa shape index (κ3) is 3.36. The normalized spacial score (nSPS) is 12.7. The van der Waals surface area contributed by atoms with Gasteiger partial charge in [0.15, 0.2) is 11.5 Å². The van der Waals surface area contributed by atoms with Gasteiger partial charge in [0.05, 0.1) is 16.3 Å². The van der Waals surface area contributed by atoms with Crippen molar-refractivity contribution in [1.29, 1.82) is 0 Å². The number of carbonyl (C=O) groups is 1. The van der Waals surface area contributed by atoms with Crippen molar-refractivity contribution in [1.82, 2.24) is 9.78 Å². The molecule has 3 aromatic rings. The molecule has 2 heterocycles. The van der Waals surface area contributed by atoms with Crippen LogP contribution in [0.2, 0.25) is 5.02 Å². The number of rotatable bonds is 4. The van der Waals surface area contributed by atoms with Crippen molar-refractivity contribution >= 4 is 17.6 Å². The highest BCUT2D eigenvalue weighted by molar-refractivity contribution is 6.32. The molecule has 132 valence electrons. The molecule has 1 aliphatic heterocycles. The van der Waals surface area contributed by atoms with Gasteiger partial charge < -0.3 is 14.2 Å². The zero-order chi connectivity index (χ0) is 17.9. The highest BCUT2D eigenvalue weighted by Crippen LogP contribution is 2.38. The molecular weight excluding hydrogens is 356 g/mol. The molecule has 26 heavy (non-hydrogen) atoms. The number of benzene rings is 2. The van der Waals surface area contributed by atoms with E-state index in [1.807, 2.05) is 36.5 Å². The molecule has 0 spiro atoms. The monoisotopic (exact) mass is 370 g/mol. The van der Waals surface area contributed by atoms with E-state index >= 15 is 0 Å². The first kappa shape index (κ1) is 16.5. The minimum absolute atomic E-state index is 0.0602. The van der Waals surface area contributed by atoms with Crippen LogP contribution in [0.3, 0.4) is 0 Å². The van der Waals surface area contributed by atoms with Crippen LogP contribution >= 0.6 is 11.6 Å². The molecule has 0 saturated carbocycles. The minimum atomic E-state index is -0.502. The van der Waals surface area contributed by atoms with Crippen molar-refractivity contribution in [3.63, 3.8) is 0 Å². The van der Waals surface area contributed by atoms with Gasteiger partial charge in [-0.25, -0.2) is 9.48 Å². The molecule has 0 N–H and O–H groups in total. The second-order valence-electron chi connectivity index (χ2n) is 5.65. The zero-order valence-electron chi connectivity index (χ0n) is 13.7. The van der Waals surface area contributed by atoms with Crippen molar-refractivity contribution in [2.24, 2.45) is 0 Å². The molecule has 1 aliphatic rings. The van der Waals surface area contributed by atoms with Gasteiger partial charge in [-0.05, 0) is 30.3 Å². The maximum Gasteiger partial charge on any atom is 0.338 e. The van der Waals surface area contributed by atoms with E-state index in [0.29, 0.717) is 41.0 Å². The van der Waals surface area contributed by atoms with Crippen LogP contribution in [0.15, 0.2) is 54.7 Å². The maximum absolute atomic E-state index is 12.3. The summed E-state index contributed by atoms with van der Waals surface area (Å²) in [6, 6.07) is 14.6. The molecule has 0 atom stereocenters. The lowest BCUT2D eigenvalue weighted by Crippen LogP contribution is -2.16. The molecule has 6 nitrogen and oxygen atoms in total. The first-order valence-electron chi connectivity index (χ1n) is 8.07. The highest BCUT2D eigenvalue weighted by Gasteiger charge is 2.20. The molecular formula is C19H15ClN2O4. The average Bonchev–Trinajstić information content (AvgIpc) is 3.16. The van der Waals surface area contributed by atoms with Crippen LogP contribution in [0, 0.1) is 0 Å². The largest absolute Gasteiger partial charge is 0.486 e. The second-order valence-corrected chi connectivity index (χ2v) is 6.05. The van der Waals surface area contributed by atoms with Crippen molar-refractivity contribution in [2.75, 3.05) is 13.2 Å². The number of aromatic nitrogens is 2. The summed E-state index contributed by atoms with van der Waals surface area (Å²) in [4.78, 5) is 12.3. The van der Waals surface area contributed by atoms with Crippen LogP contribution < -0.4 is 9.47 Å². The molecule has 0 fully saturated rings. The lowest BCUT2D eigenvalue weighted by Gasteiger charge is -2.19. The van der Waals surface area contributed by atoms with Crippen LogP contribution in [0.1, 0.15) is 16.1 Å². The van der Waals surface area contributed by atoms with Gasteiger partial charge in [0.1, 0.15) is 25.5 Å². The van der Waals surface area contributed by atoms with Crippen molar-refractivity contribution in [3.8, 4) is 17.2 Å². The number of halogens is 1. The van der Waals surface area contributed by atoms with Crippen LogP contribution in [0.5, 0.6) is 11.5 Å². The summed E-state index contributed by atoms with van der Waals surface area (Å²) in [7, 11) is 0. The summed E-state index contributed by atoms with van der Waals surface area (Å²) < 4.78 is 18.0. The quantitative estimate of drug-likeness (QED) is 0.656.